The SMILES string of the molecule is CSc1cc(NCC2CCC(N)CC2)ncn1. The molecule has 1 fully saturated rings. The van der Waals surface area contributed by atoms with E-state index in [2.05, 4.69) is 15.3 Å². The van der Waals surface area contributed by atoms with Crippen molar-refractivity contribution < 1.29 is 0 Å². The smallest absolute Gasteiger partial charge is 0.130 e. The van der Waals surface area contributed by atoms with E-state index in [-0.39, 0.29) is 0 Å². The Balaban J connectivity index is 1.81. The molecule has 1 aliphatic carbocycles. The molecule has 5 heteroatoms. The van der Waals surface area contributed by atoms with Crippen LogP contribution in [0.5, 0.6) is 0 Å². The molecule has 0 unspecified atom stereocenters. The van der Waals surface area contributed by atoms with Crippen LogP contribution >= 0.6 is 11.8 Å². The van der Waals surface area contributed by atoms with Gasteiger partial charge in [0.1, 0.15) is 17.2 Å². The first kappa shape index (κ1) is 12.6. The van der Waals surface area contributed by atoms with Gasteiger partial charge in [-0.15, -0.1) is 11.8 Å². The van der Waals surface area contributed by atoms with Crippen LogP contribution in [-0.2, 0) is 0 Å². The van der Waals surface area contributed by atoms with Crippen LogP contribution in [0.15, 0.2) is 17.4 Å². The van der Waals surface area contributed by atoms with Crippen molar-refractivity contribution >= 4 is 17.6 Å². The number of anilines is 1. The monoisotopic (exact) mass is 252 g/mol. The van der Waals surface area contributed by atoms with Crippen LogP contribution in [0.4, 0.5) is 5.82 Å². The maximum absolute atomic E-state index is 5.90. The number of hydrogen-bond acceptors (Lipinski definition) is 5. The van der Waals surface area contributed by atoms with E-state index in [1.165, 1.54) is 12.8 Å². The van der Waals surface area contributed by atoms with E-state index in [1.54, 1.807) is 18.1 Å². The Morgan fingerprint density at radius 1 is 1.35 bits per heavy atom. The summed E-state index contributed by atoms with van der Waals surface area (Å²) in [7, 11) is 0. The highest BCUT2D eigenvalue weighted by atomic mass is 32.2. The van der Waals surface area contributed by atoms with Gasteiger partial charge in [-0.1, -0.05) is 0 Å². The lowest BCUT2D eigenvalue weighted by Crippen LogP contribution is -2.29. The Hall–Kier alpha value is -0.810. The van der Waals surface area contributed by atoms with Crippen LogP contribution in [0.2, 0.25) is 0 Å². The molecular weight excluding hydrogens is 232 g/mol. The molecule has 0 atom stereocenters. The molecule has 1 aliphatic rings. The minimum absolute atomic E-state index is 0.424. The summed E-state index contributed by atoms with van der Waals surface area (Å²) in [5.74, 6) is 1.67. The van der Waals surface area contributed by atoms with E-state index in [9.17, 15) is 0 Å². The molecule has 17 heavy (non-hydrogen) atoms. The second-order valence-corrected chi connectivity index (χ2v) is 5.43. The highest BCUT2D eigenvalue weighted by Gasteiger charge is 2.18. The predicted molar refractivity (Wildman–Crippen MR) is 72.2 cm³/mol. The maximum atomic E-state index is 5.90. The van der Waals surface area contributed by atoms with Crippen molar-refractivity contribution in [2.45, 2.75) is 36.8 Å². The molecule has 0 radical (unpaired) electrons. The Morgan fingerprint density at radius 3 is 2.82 bits per heavy atom. The number of thioether (sulfide) groups is 1. The number of hydrogen-bond donors (Lipinski definition) is 2. The molecule has 4 nitrogen and oxygen atoms in total. The lowest BCUT2D eigenvalue weighted by Gasteiger charge is -2.26. The Kier molecular flexibility index (Phi) is 4.62. The lowest BCUT2D eigenvalue weighted by atomic mass is 9.86. The molecule has 1 saturated carbocycles. The molecule has 1 aromatic heterocycles. The average molecular weight is 252 g/mol. The van der Waals surface area contributed by atoms with Crippen LogP contribution < -0.4 is 11.1 Å². The van der Waals surface area contributed by atoms with Gasteiger partial charge in [0.15, 0.2) is 0 Å². The van der Waals surface area contributed by atoms with Gasteiger partial charge in [0.2, 0.25) is 0 Å². The fraction of sp³-hybridized carbons (Fsp3) is 0.667. The third-order valence-electron chi connectivity index (χ3n) is 3.31. The molecule has 2 rings (SSSR count). The first-order chi connectivity index (χ1) is 8.28. The second kappa shape index (κ2) is 6.21. The molecule has 1 aromatic rings. The highest BCUT2D eigenvalue weighted by molar-refractivity contribution is 7.98. The summed E-state index contributed by atoms with van der Waals surface area (Å²) in [6.45, 7) is 0.998. The van der Waals surface area contributed by atoms with Crippen molar-refractivity contribution in [2.75, 3.05) is 18.1 Å². The summed E-state index contributed by atoms with van der Waals surface area (Å²) < 4.78 is 0. The molecular formula is C12H20N4S. The van der Waals surface area contributed by atoms with Crippen molar-refractivity contribution in [3.63, 3.8) is 0 Å². The van der Waals surface area contributed by atoms with E-state index in [4.69, 9.17) is 5.73 Å². The fourth-order valence-corrected chi connectivity index (χ4v) is 2.57. The number of nitrogens with one attached hydrogen (secondary N) is 1. The van der Waals surface area contributed by atoms with Crippen LogP contribution in [0, 0.1) is 5.92 Å². The molecule has 94 valence electrons. The Morgan fingerprint density at radius 2 is 2.12 bits per heavy atom. The first-order valence-corrected chi connectivity index (χ1v) is 7.36. The van der Waals surface area contributed by atoms with Crippen molar-refractivity contribution in [1.82, 2.24) is 9.97 Å². The average Bonchev–Trinajstić information content (AvgIpc) is 2.38. The first-order valence-electron chi connectivity index (χ1n) is 6.13. The summed E-state index contributed by atoms with van der Waals surface area (Å²) >= 11 is 1.64. The highest BCUT2D eigenvalue weighted by Crippen LogP contribution is 2.23. The molecule has 0 spiro atoms. The summed E-state index contributed by atoms with van der Waals surface area (Å²) in [6, 6.07) is 2.42. The third kappa shape index (κ3) is 3.85. The van der Waals surface area contributed by atoms with Gasteiger partial charge in [-0.3, -0.25) is 0 Å². The minimum Gasteiger partial charge on any atom is -0.370 e. The summed E-state index contributed by atoms with van der Waals surface area (Å²) in [4.78, 5) is 8.38. The van der Waals surface area contributed by atoms with E-state index in [1.807, 2.05) is 12.3 Å². The van der Waals surface area contributed by atoms with Crippen molar-refractivity contribution in [3.8, 4) is 0 Å². The summed E-state index contributed by atoms with van der Waals surface area (Å²) in [5, 5.41) is 4.41. The molecule has 0 aliphatic heterocycles. The van der Waals surface area contributed by atoms with Gasteiger partial charge in [-0.05, 0) is 37.9 Å². The van der Waals surface area contributed by atoms with Gasteiger partial charge in [-0.25, -0.2) is 9.97 Å². The molecule has 0 aromatic carbocycles. The van der Waals surface area contributed by atoms with Gasteiger partial charge in [0, 0.05) is 18.7 Å². The van der Waals surface area contributed by atoms with Crippen LogP contribution in [-0.4, -0.2) is 28.8 Å². The third-order valence-corrected chi connectivity index (χ3v) is 3.96. The van der Waals surface area contributed by atoms with E-state index < -0.39 is 0 Å². The zero-order valence-electron chi connectivity index (χ0n) is 10.2. The number of rotatable bonds is 4. The normalized spacial score (nSPS) is 24.6. The fourth-order valence-electron chi connectivity index (χ4n) is 2.19. The van der Waals surface area contributed by atoms with Gasteiger partial charge in [0.25, 0.3) is 0 Å². The summed E-state index contributed by atoms with van der Waals surface area (Å²) in [6.07, 6.45) is 8.42. The van der Waals surface area contributed by atoms with Gasteiger partial charge in [0.05, 0.1) is 0 Å². The van der Waals surface area contributed by atoms with E-state index in [0.29, 0.717) is 6.04 Å². The number of aromatic nitrogens is 2. The Bertz CT molecular complexity index is 350. The minimum atomic E-state index is 0.424. The van der Waals surface area contributed by atoms with Gasteiger partial charge < -0.3 is 11.1 Å². The van der Waals surface area contributed by atoms with Gasteiger partial charge in [-0.2, -0.15) is 0 Å². The Labute approximate surface area is 107 Å². The van der Waals surface area contributed by atoms with Crippen LogP contribution in [0.1, 0.15) is 25.7 Å². The molecule has 0 saturated heterocycles. The van der Waals surface area contributed by atoms with Crippen molar-refractivity contribution in [2.24, 2.45) is 11.7 Å². The maximum Gasteiger partial charge on any atom is 0.130 e. The molecule has 0 bridgehead atoms. The van der Waals surface area contributed by atoms with Gasteiger partial charge >= 0.3 is 0 Å². The van der Waals surface area contributed by atoms with E-state index in [0.717, 1.165) is 36.1 Å². The zero-order valence-corrected chi connectivity index (χ0v) is 11.0. The van der Waals surface area contributed by atoms with Crippen molar-refractivity contribution in [3.05, 3.63) is 12.4 Å². The number of nitrogens with zero attached hydrogens (tertiary/aromatic N) is 2. The second-order valence-electron chi connectivity index (χ2n) is 4.61. The molecule has 1 heterocycles. The molecule has 0 amide bonds. The van der Waals surface area contributed by atoms with Crippen LogP contribution in [0.25, 0.3) is 0 Å². The van der Waals surface area contributed by atoms with E-state index >= 15 is 0 Å². The summed E-state index contributed by atoms with van der Waals surface area (Å²) in [5.41, 5.74) is 5.90. The molecule has 3 N–H and O–H groups in total. The van der Waals surface area contributed by atoms with Crippen LogP contribution in [0.3, 0.4) is 0 Å². The predicted octanol–water partition coefficient (Wildman–Crippen LogP) is 2.13. The quantitative estimate of drug-likeness (QED) is 0.635. The number of nitrogens with two attached hydrogens (primary N) is 1. The standard InChI is InChI=1S/C12H20N4S/c1-17-12-6-11(15-8-16-12)14-7-9-2-4-10(13)5-3-9/h6,8-10H,2-5,7,13H2,1H3,(H,14,15,16). The van der Waals surface area contributed by atoms with Crippen molar-refractivity contribution in [1.29, 1.82) is 0 Å². The lowest BCUT2D eigenvalue weighted by molar-refractivity contribution is 0.338. The topological polar surface area (TPSA) is 63.8 Å². The largest absolute Gasteiger partial charge is 0.370 e. The zero-order chi connectivity index (χ0) is 12.1.